The predicted molar refractivity (Wildman–Crippen MR) is 43.6 cm³/mol. The number of carbonyl (C=O) groups excluding carboxylic acids is 1. The van der Waals surface area contributed by atoms with Crippen molar-refractivity contribution in [2.24, 2.45) is 5.73 Å². The zero-order valence-electron chi connectivity index (χ0n) is 7.29. The van der Waals surface area contributed by atoms with Crippen LogP contribution in [-0.4, -0.2) is 31.3 Å². The van der Waals surface area contributed by atoms with Gasteiger partial charge in [0.05, 0.1) is 6.10 Å². The van der Waals surface area contributed by atoms with Gasteiger partial charge in [0.15, 0.2) is 0 Å². The maximum atomic E-state index is 10.9. The Morgan fingerprint density at radius 2 is 2.58 bits per heavy atom. The molecular weight excluding hydrogens is 158 g/mol. The molecule has 1 heterocycles. The van der Waals surface area contributed by atoms with E-state index in [4.69, 9.17) is 15.2 Å². The number of hydrogen-bond donors (Lipinski definition) is 1. The highest BCUT2D eigenvalue weighted by molar-refractivity contribution is 5.74. The molecule has 12 heavy (non-hydrogen) atoms. The van der Waals surface area contributed by atoms with Crippen LogP contribution in [0, 0.1) is 0 Å². The molecule has 2 N–H and O–H groups in total. The lowest BCUT2D eigenvalue weighted by molar-refractivity contribution is -0.147. The Labute approximate surface area is 72.0 Å². The third kappa shape index (κ3) is 2.79. The molecule has 2 atom stereocenters. The highest BCUT2D eigenvalue weighted by Crippen LogP contribution is 2.11. The molecule has 1 aliphatic rings. The fourth-order valence-corrected chi connectivity index (χ4v) is 1.08. The summed E-state index contributed by atoms with van der Waals surface area (Å²) in [5, 5.41) is 0. The van der Waals surface area contributed by atoms with Crippen LogP contribution in [0.25, 0.3) is 0 Å². The van der Waals surface area contributed by atoms with E-state index in [1.165, 1.54) is 0 Å². The smallest absolute Gasteiger partial charge is 0.322 e. The first-order valence-electron chi connectivity index (χ1n) is 4.24. The number of esters is 1. The fourth-order valence-electron chi connectivity index (χ4n) is 1.08. The largest absolute Gasteiger partial charge is 0.462 e. The van der Waals surface area contributed by atoms with Crippen LogP contribution in [0.15, 0.2) is 0 Å². The van der Waals surface area contributed by atoms with E-state index in [0.717, 1.165) is 19.4 Å². The van der Waals surface area contributed by atoms with Gasteiger partial charge in [0.25, 0.3) is 0 Å². The number of rotatable bonds is 3. The van der Waals surface area contributed by atoms with Gasteiger partial charge < -0.3 is 15.2 Å². The van der Waals surface area contributed by atoms with Crippen LogP contribution in [0.3, 0.4) is 0 Å². The van der Waals surface area contributed by atoms with E-state index in [9.17, 15) is 4.79 Å². The Bertz CT molecular complexity index is 152. The van der Waals surface area contributed by atoms with Gasteiger partial charge in [-0.25, -0.2) is 0 Å². The van der Waals surface area contributed by atoms with Crippen LogP contribution in [0.4, 0.5) is 0 Å². The topological polar surface area (TPSA) is 61.6 Å². The fraction of sp³-hybridized carbons (Fsp3) is 0.875. The molecule has 1 aliphatic heterocycles. The summed E-state index contributed by atoms with van der Waals surface area (Å²) in [5.74, 6) is -0.356. The van der Waals surface area contributed by atoms with Crippen molar-refractivity contribution in [2.75, 3.05) is 13.2 Å². The molecule has 70 valence electrons. The molecule has 0 saturated carbocycles. The van der Waals surface area contributed by atoms with Crippen molar-refractivity contribution in [1.29, 1.82) is 0 Å². The van der Waals surface area contributed by atoms with Crippen molar-refractivity contribution in [3.05, 3.63) is 0 Å². The summed E-state index contributed by atoms with van der Waals surface area (Å²) < 4.78 is 10.2. The predicted octanol–water partition coefficient (Wildman–Crippen LogP) is 0.0558. The van der Waals surface area contributed by atoms with Crippen molar-refractivity contribution in [3.8, 4) is 0 Å². The highest BCUT2D eigenvalue weighted by Gasteiger charge is 2.18. The summed E-state index contributed by atoms with van der Waals surface area (Å²) in [4.78, 5) is 10.9. The van der Waals surface area contributed by atoms with Crippen LogP contribution in [0.2, 0.25) is 0 Å². The number of hydrogen-bond acceptors (Lipinski definition) is 4. The lowest BCUT2D eigenvalue weighted by atomic mass is 10.2. The average Bonchev–Trinajstić information content (AvgIpc) is 2.51. The van der Waals surface area contributed by atoms with Gasteiger partial charge in [-0.05, 0) is 19.8 Å². The third-order valence-corrected chi connectivity index (χ3v) is 1.81. The summed E-state index contributed by atoms with van der Waals surface area (Å²) in [5.41, 5.74) is 5.31. The third-order valence-electron chi connectivity index (χ3n) is 1.81. The van der Waals surface area contributed by atoms with Crippen molar-refractivity contribution < 1.29 is 14.3 Å². The summed E-state index contributed by atoms with van der Waals surface area (Å²) in [6.45, 7) is 2.73. The second-order valence-corrected chi connectivity index (χ2v) is 3.05. The maximum Gasteiger partial charge on any atom is 0.322 e. The maximum absolute atomic E-state index is 10.9. The first kappa shape index (κ1) is 9.48. The summed E-state index contributed by atoms with van der Waals surface area (Å²) in [6.07, 6.45) is 2.12. The van der Waals surface area contributed by atoms with Gasteiger partial charge >= 0.3 is 5.97 Å². The Morgan fingerprint density at radius 1 is 1.83 bits per heavy atom. The van der Waals surface area contributed by atoms with Gasteiger partial charge in [-0.1, -0.05) is 0 Å². The number of ether oxygens (including phenoxy) is 2. The van der Waals surface area contributed by atoms with Crippen molar-refractivity contribution in [3.63, 3.8) is 0 Å². The molecule has 1 fully saturated rings. The second kappa shape index (κ2) is 4.42. The quantitative estimate of drug-likeness (QED) is 0.613. The van der Waals surface area contributed by atoms with E-state index in [1.54, 1.807) is 6.92 Å². The van der Waals surface area contributed by atoms with Crippen LogP contribution in [0.5, 0.6) is 0 Å². The molecule has 0 aromatic heterocycles. The molecule has 0 amide bonds. The Kier molecular flexibility index (Phi) is 3.49. The summed E-state index contributed by atoms with van der Waals surface area (Å²) in [6, 6.07) is -0.536. The normalized spacial score (nSPS) is 25.3. The zero-order valence-corrected chi connectivity index (χ0v) is 7.29. The molecule has 0 aromatic rings. The van der Waals surface area contributed by atoms with Crippen LogP contribution < -0.4 is 5.73 Å². The average molecular weight is 173 g/mol. The molecule has 1 saturated heterocycles. The molecule has 2 unspecified atom stereocenters. The van der Waals surface area contributed by atoms with Crippen molar-refractivity contribution in [2.45, 2.75) is 31.9 Å². The van der Waals surface area contributed by atoms with E-state index in [2.05, 4.69) is 0 Å². The van der Waals surface area contributed by atoms with E-state index in [0.29, 0.717) is 6.61 Å². The lowest BCUT2D eigenvalue weighted by Gasteiger charge is -2.11. The molecular formula is C8H15NO3. The minimum Gasteiger partial charge on any atom is -0.462 e. The lowest BCUT2D eigenvalue weighted by Crippen LogP contribution is -2.31. The molecule has 0 spiro atoms. The molecule has 0 bridgehead atoms. The van der Waals surface area contributed by atoms with Gasteiger partial charge in [-0.15, -0.1) is 0 Å². The van der Waals surface area contributed by atoms with Crippen molar-refractivity contribution >= 4 is 5.97 Å². The standard InChI is InChI=1S/C8H15NO3/c1-6(9)8(10)12-5-7-3-2-4-11-7/h6-7H,2-5,9H2,1H3. The molecule has 0 aromatic carbocycles. The highest BCUT2D eigenvalue weighted by atomic mass is 16.6. The minimum atomic E-state index is -0.536. The molecule has 0 aliphatic carbocycles. The first-order valence-corrected chi connectivity index (χ1v) is 4.24. The Morgan fingerprint density at radius 3 is 3.08 bits per heavy atom. The Hall–Kier alpha value is -0.610. The molecule has 4 nitrogen and oxygen atoms in total. The van der Waals surface area contributed by atoms with Gasteiger partial charge in [0.2, 0.25) is 0 Å². The zero-order chi connectivity index (χ0) is 8.97. The molecule has 4 heteroatoms. The van der Waals surface area contributed by atoms with E-state index in [1.807, 2.05) is 0 Å². The van der Waals surface area contributed by atoms with Crippen LogP contribution >= 0.6 is 0 Å². The van der Waals surface area contributed by atoms with E-state index >= 15 is 0 Å². The second-order valence-electron chi connectivity index (χ2n) is 3.05. The molecule has 1 rings (SSSR count). The van der Waals surface area contributed by atoms with E-state index < -0.39 is 6.04 Å². The number of nitrogens with two attached hydrogens (primary N) is 1. The first-order chi connectivity index (χ1) is 5.70. The van der Waals surface area contributed by atoms with Crippen LogP contribution in [-0.2, 0) is 14.3 Å². The molecule has 0 radical (unpaired) electrons. The van der Waals surface area contributed by atoms with Gasteiger partial charge in [-0.3, -0.25) is 4.79 Å². The number of carbonyl (C=O) groups is 1. The monoisotopic (exact) mass is 173 g/mol. The van der Waals surface area contributed by atoms with Gasteiger partial charge in [0.1, 0.15) is 12.6 Å². The summed E-state index contributed by atoms with van der Waals surface area (Å²) in [7, 11) is 0. The van der Waals surface area contributed by atoms with E-state index in [-0.39, 0.29) is 12.1 Å². The Balaban J connectivity index is 2.12. The SMILES string of the molecule is CC(N)C(=O)OCC1CCCO1. The van der Waals surface area contributed by atoms with Crippen LogP contribution in [0.1, 0.15) is 19.8 Å². The van der Waals surface area contributed by atoms with Crippen molar-refractivity contribution in [1.82, 2.24) is 0 Å². The van der Waals surface area contributed by atoms with Gasteiger partial charge in [-0.2, -0.15) is 0 Å². The minimum absolute atomic E-state index is 0.0905. The van der Waals surface area contributed by atoms with Gasteiger partial charge in [0, 0.05) is 6.61 Å². The summed E-state index contributed by atoms with van der Waals surface area (Å²) >= 11 is 0.